The van der Waals surface area contributed by atoms with Gasteiger partial charge in [0.15, 0.2) is 0 Å². The SMILES string of the molecule is CCC(C(=O)O)=C(C)C(C)F. The van der Waals surface area contributed by atoms with Crippen LogP contribution in [-0.2, 0) is 4.79 Å². The van der Waals surface area contributed by atoms with Crippen molar-refractivity contribution in [3.8, 4) is 0 Å². The summed E-state index contributed by atoms with van der Waals surface area (Å²) in [5.41, 5.74) is 0.500. The Bertz CT molecular complexity index is 183. The van der Waals surface area contributed by atoms with Gasteiger partial charge >= 0.3 is 5.97 Å². The first-order valence-electron chi connectivity index (χ1n) is 3.57. The number of carboxylic acids is 1. The van der Waals surface area contributed by atoms with Gasteiger partial charge < -0.3 is 5.11 Å². The minimum atomic E-state index is -1.17. The summed E-state index contributed by atoms with van der Waals surface area (Å²) in [7, 11) is 0. The topological polar surface area (TPSA) is 37.3 Å². The van der Waals surface area contributed by atoms with Crippen molar-refractivity contribution < 1.29 is 14.3 Å². The number of carbonyl (C=O) groups is 1. The summed E-state index contributed by atoms with van der Waals surface area (Å²) in [5.74, 6) is -1.02. The van der Waals surface area contributed by atoms with Crippen LogP contribution in [0.25, 0.3) is 0 Å². The van der Waals surface area contributed by atoms with Gasteiger partial charge in [0.2, 0.25) is 0 Å². The van der Waals surface area contributed by atoms with Gasteiger partial charge in [0.1, 0.15) is 6.17 Å². The summed E-state index contributed by atoms with van der Waals surface area (Å²) in [6, 6.07) is 0. The van der Waals surface area contributed by atoms with E-state index < -0.39 is 12.1 Å². The van der Waals surface area contributed by atoms with Crippen LogP contribution in [0.3, 0.4) is 0 Å². The zero-order valence-electron chi connectivity index (χ0n) is 7.02. The number of rotatable bonds is 3. The molecule has 0 aliphatic heterocycles. The van der Waals surface area contributed by atoms with E-state index in [2.05, 4.69) is 0 Å². The van der Waals surface area contributed by atoms with Crippen LogP contribution in [0.4, 0.5) is 4.39 Å². The molecule has 2 nitrogen and oxygen atoms in total. The van der Waals surface area contributed by atoms with Gasteiger partial charge in [0.05, 0.1) is 0 Å². The molecule has 0 aromatic carbocycles. The normalized spacial score (nSPS) is 15.6. The van der Waals surface area contributed by atoms with E-state index in [1.807, 2.05) is 0 Å². The third kappa shape index (κ3) is 2.70. The van der Waals surface area contributed by atoms with E-state index in [0.29, 0.717) is 12.0 Å². The summed E-state index contributed by atoms with van der Waals surface area (Å²) in [4.78, 5) is 10.5. The summed E-state index contributed by atoms with van der Waals surface area (Å²) < 4.78 is 12.6. The Labute approximate surface area is 65.7 Å². The quantitative estimate of drug-likeness (QED) is 0.642. The second-order valence-electron chi connectivity index (χ2n) is 2.44. The van der Waals surface area contributed by atoms with Crippen molar-refractivity contribution in [3.63, 3.8) is 0 Å². The lowest BCUT2D eigenvalue weighted by Gasteiger charge is -2.06. The van der Waals surface area contributed by atoms with E-state index in [-0.39, 0.29) is 5.57 Å². The Kier molecular flexibility index (Phi) is 3.79. The molecule has 0 heterocycles. The van der Waals surface area contributed by atoms with Crippen molar-refractivity contribution in [2.24, 2.45) is 0 Å². The second kappa shape index (κ2) is 4.11. The van der Waals surface area contributed by atoms with Gasteiger partial charge in [-0.2, -0.15) is 0 Å². The predicted octanol–water partition coefficient (Wildman–Crippen LogP) is 2.16. The summed E-state index contributed by atoms with van der Waals surface area (Å²) >= 11 is 0. The van der Waals surface area contributed by atoms with Gasteiger partial charge in [0.25, 0.3) is 0 Å². The third-order valence-electron chi connectivity index (χ3n) is 1.68. The molecule has 3 heteroatoms. The van der Waals surface area contributed by atoms with Gasteiger partial charge in [-0.15, -0.1) is 0 Å². The Morgan fingerprint density at radius 1 is 1.64 bits per heavy atom. The number of alkyl halides is 1. The van der Waals surface area contributed by atoms with Crippen molar-refractivity contribution in [1.82, 2.24) is 0 Å². The molecule has 0 aromatic heterocycles. The highest BCUT2D eigenvalue weighted by Crippen LogP contribution is 2.14. The largest absolute Gasteiger partial charge is 0.478 e. The Morgan fingerprint density at radius 3 is 2.18 bits per heavy atom. The van der Waals surface area contributed by atoms with Crippen LogP contribution in [0.1, 0.15) is 27.2 Å². The molecule has 1 N–H and O–H groups in total. The van der Waals surface area contributed by atoms with Crippen LogP contribution < -0.4 is 0 Å². The molecule has 64 valence electrons. The van der Waals surface area contributed by atoms with Gasteiger partial charge in [-0.25, -0.2) is 9.18 Å². The molecule has 0 saturated carbocycles. The Balaban J connectivity index is 4.68. The summed E-state index contributed by atoms with van der Waals surface area (Å²) in [6.07, 6.45) is -0.795. The van der Waals surface area contributed by atoms with Crippen LogP contribution in [0.5, 0.6) is 0 Å². The zero-order valence-corrected chi connectivity index (χ0v) is 7.02. The first kappa shape index (κ1) is 10.1. The smallest absolute Gasteiger partial charge is 0.331 e. The molecule has 0 fully saturated rings. The fourth-order valence-electron chi connectivity index (χ4n) is 0.839. The molecular formula is C8H13FO2. The first-order chi connectivity index (χ1) is 5.00. The monoisotopic (exact) mass is 160 g/mol. The number of hydrogen-bond donors (Lipinski definition) is 1. The highest BCUT2D eigenvalue weighted by molar-refractivity contribution is 5.87. The maximum absolute atomic E-state index is 12.6. The molecule has 0 amide bonds. The van der Waals surface area contributed by atoms with Crippen molar-refractivity contribution in [2.75, 3.05) is 0 Å². The third-order valence-corrected chi connectivity index (χ3v) is 1.68. The molecule has 0 spiro atoms. The van der Waals surface area contributed by atoms with E-state index in [1.54, 1.807) is 6.92 Å². The molecule has 0 rings (SSSR count). The lowest BCUT2D eigenvalue weighted by molar-refractivity contribution is -0.132. The average molecular weight is 160 g/mol. The molecule has 0 bridgehead atoms. The Morgan fingerprint density at radius 2 is 2.09 bits per heavy atom. The van der Waals surface area contributed by atoms with Crippen molar-refractivity contribution in [3.05, 3.63) is 11.1 Å². The van der Waals surface area contributed by atoms with Gasteiger partial charge in [-0.1, -0.05) is 6.92 Å². The fraction of sp³-hybridized carbons (Fsp3) is 0.625. The molecule has 0 radical (unpaired) electrons. The number of carboxylic acid groups (broad SMARTS) is 1. The van der Waals surface area contributed by atoms with Crippen LogP contribution in [0.15, 0.2) is 11.1 Å². The van der Waals surface area contributed by atoms with E-state index >= 15 is 0 Å². The van der Waals surface area contributed by atoms with Gasteiger partial charge in [0, 0.05) is 5.57 Å². The number of aliphatic carboxylic acids is 1. The zero-order chi connectivity index (χ0) is 9.02. The molecule has 0 aromatic rings. The highest BCUT2D eigenvalue weighted by Gasteiger charge is 2.12. The molecular weight excluding hydrogens is 147 g/mol. The predicted molar refractivity (Wildman–Crippen MR) is 41.2 cm³/mol. The fourth-order valence-corrected chi connectivity index (χ4v) is 0.839. The Hall–Kier alpha value is -0.860. The molecule has 11 heavy (non-hydrogen) atoms. The lowest BCUT2D eigenvalue weighted by atomic mass is 10.0. The van der Waals surface area contributed by atoms with Gasteiger partial charge in [-0.05, 0) is 25.8 Å². The number of allylic oxidation sites excluding steroid dienone is 1. The van der Waals surface area contributed by atoms with E-state index in [9.17, 15) is 9.18 Å². The molecule has 0 aliphatic rings. The summed E-state index contributed by atoms with van der Waals surface area (Å²) in [5, 5.41) is 8.57. The molecule has 0 aliphatic carbocycles. The lowest BCUT2D eigenvalue weighted by Crippen LogP contribution is -2.07. The van der Waals surface area contributed by atoms with E-state index in [4.69, 9.17) is 5.11 Å². The molecule has 1 atom stereocenters. The standard InChI is InChI=1S/C8H13FO2/c1-4-7(8(10)11)5(2)6(3)9/h6H,4H2,1-3H3,(H,10,11). The number of hydrogen-bond acceptors (Lipinski definition) is 1. The highest BCUT2D eigenvalue weighted by atomic mass is 19.1. The maximum atomic E-state index is 12.6. The number of halogens is 1. The molecule has 0 saturated heterocycles. The minimum Gasteiger partial charge on any atom is -0.478 e. The minimum absolute atomic E-state index is 0.181. The summed E-state index contributed by atoms with van der Waals surface area (Å²) in [6.45, 7) is 4.56. The average Bonchev–Trinajstić information content (AvgIpc) is 1.88. The van der Waals surface area contributed by atoms with Crippen molar-refractivity contribution >= 4 is 5.97 Å². The van der Waals surface area contributed by atoms with Crippen LogP contribution >= 0.6 is 0 Å². The first-order valence-corrected chi connectivity index (χ1v) is 3.57. The second-order valence-corrected chi connectivity index (χ2v) is 2.44. The van der Waals surface area contributed by atoms with E-state index in [1.165, 1.54) is 13.8 Å². The van der Waals surface area contributed by atoms with Crippen molar-refractivity contribution in [1.29, 1.82) is 0 Å². The van der Waals surface area contributed by atoms with E-state index in [0.717, 1.165) is 0 Å². The van der Waals surface area contributed by atoms with Crippen LogP contribution in [0.2, 0.25) is 0 Å². The van der Waals surface area contributed by atoms with Gasteiger partial charge in [-0.3, -0.25) is 0 Å². The van der Waals surface area contributed by atoms with Crippen LogP contribution in [-0.4, -0.2) is 17.2 Å². The van der Waals surface area contributed by atoms with Crippen LogP contribution in [0, 0.1) is 0 Å². The van der Waals surface area contributed by atoms with Crippen molar-refractivity contribution in [2.45, 2.75) is 33.4 Å². The maximum Gasteiger partial charge on any atom is 0.331 e. The molecule has 1 unspecified atom stereocenters.